The van der Waals surface area contributed by atoms with E-state index in [1.807, 2.05) is 7.05 Å². The van der Waals surface area contributed by atoms with Crippen LogP contribution in [0.2, 0.25) is 0 Å². The number of nitrogens with one attached hydrogen (secondary N) is 2. The van der Waals surface area contributed by atoms with Gasteiger partial charge in [0, 0.05) is 26.2 Å². The largest absolute Gasteiger partial charge is 0.355 e. The normalized spacial score (nSPS) is 23.2. The van der Waals surface area contributed by atoms with E-state index in [1.54, 1.807) is 0 Å². The fourth-order valence-electron chi connectivity index (χ4n) is 1.77. The van der Waals surface area contributed by atoms with Crippen molar-refractivity contribution in [2.24, 2.45) is 10.9 Å². The molecule has 0 amide bonds. The van der Waals surface area contributed by atoms with Gasteiger partial charge < -0.3 is 15.5 Å². The standard InChI is InChI=1S/C12H26N4.HI/c1-5-16(6-2)8-7-14-12(13-4)15-11-9-10(11)3;/h10-11H,5-9H2,1-4H3,(H2,13,14,15);1H. The van der Waals surface area contributed by atoms with Gasteiger partial charge in [0.2, 0.25) is 0 Å². The third-order valence-electron chi connectivity index (χ3n) is 3.27. The summed E-state index contributed by atoms with van der Waals surface area (Å²) in [4.78, 5) is 6.63. The van der Waals surface area contributed by atoms with E-state index in [2.05, 4.69) is 41.3 Å². The Kier molecular flexibility index (Phi) is 8.94. The third-order valence-corrected chi connectivity index (χ3v) is 3.27. The van der Waals surface area contributed by atoms with E-state index in [-0.39, 0.29) is 24.0 Å². The topological polar surface area (TPSA) is 39.7 Å². The van der Waals surface area contributed by atoms with Crippen LogP contribution in [0.1, 0.15) is 27.2 Å². The van der Waals surface area contributed by atoms with Crippen LogP contribution in [-0.4, -0.2) is 50.1 Å². The van der Waals surface area contributed by atoms with Gasteiger partial charge in [0.05, 0.1) is 0 Å². The van der Waals surface area contributed by atoms with Crippen molar-refractivity contribution in [1.82, 2.24) is 15.5 Å². The Hall–Kier alpha value is -0.0400. The number of guanidine groups is 1. The Morgan fingerprint density at radius 1 is 1.35 bits per heavy atom. The molecule has 0 heterocycles. The molecule has 2 atom stereocenters. The lowest BCUT2D eigenvalue weighted by atomic mass is 10.4. The average Bonchev–Trinajstić information content (AvgIpc) is 2.99. The summed E-state index contributed by atoms with van der Waals surface area (Å²) in [6, 6.07) is 0.639. The molecule has 0 saturated heterocycles. The van der Waals surface area contributed by atoms with Gasteiger partial charge in [0.1, 0.15) is 0 Å². The highest BCUT2D eigenvalue weighted by Crippen LogP contribution is 2.28. The second kappa shape index (κ2) is 8.97. The Balaban J connectivity index is 0.00000256. The Morgan fingerprint density at radius 3 is 2.35 bits per heavy atom. The van der Waals surface area contributed by atoms with Crippen LogP contribution >= 0.6 is 24.0 Å². The van der Waals surface area contributed by atoms with Gasteiger partial charge in [-0.15, -0.1) is 24.0 Å². The van der Waals surface area contributed by atoms with Crippen molar-refractivity contribution in [1.29, 1.82) is 0 Å². The zero-order valence-electron chi connectivity index (χ0n) is 11.5. The molecular weight excluding hydrogens is 327 g/mol. The highest BCUT2D eigenvalue weighted by atomic mass is 127. The molecule has 1 saturated carbocycles. The van der Waals surface area contributed by atoms with Gasteiger partial charge in [-0.1, -0.05) is 20.8 Å². The molecule has 0 aliphatic heterocycles. The maximum atomic E-state index is 4.23. The molecule has 102 valence electrons. The van der Waals surface area contributed by atoms with Crippen LogP contribution < -0.4 is 10.6 Å². The van der Waals surface area contributed by atoms with Crippen molar-refractivity contribution in [3.63, 3.8) is 0 Å². The lowest BCUT2D eigenvalue weighted by molar-refractivity contribution is 0.308. The molecule has 1 rings (SSSR count). The first-order chi connectivity index (χ1) is 7.71. The van der Waals surface area contributed by atoms with Crippen molar-refractivity contribution in [3.05, 3.63) is 0 Å². The molecule has 5 heteroatoms. The number of hydrogen-bond donors (Lipinski definition) is 2. The smallest absolute Gasteiger partial charge is 0.191 e. The van der Waals surface area contributed by atoms with Crippen molar-refractivity contribution in [3.8, 4) is 0 Å². The molecule has 0 aromatic carbocycles. The fraction of sp³-hybridized carbons (Fsp3) is 0.917. The van der Waals surface area contributed by atoms with Crippen LogP contribution in [-0.2, 0) is 0 Å². The molecular formula is C12H27IN4. The van der Waals surface area contributed by atoms with E-state index >= 15 is 0 Å². The molecule has 0 aromatic rings. The first kappa shape index (κ1) is 17.0. The van der Waals surface area contributed by atoms with E-state index in [0.717, 1.165) is 38.1 Å². The van der Waals surface area contributed by atoms with Gasteiger partial charge in [0.25, 0.3) is 0 Å². The molecule has 4 nitrogen and oxygen atoms in total. The molecule has 1 aliphatic carbocycles. The summed E-state index contributed by atoms with van der Waals surface area (Å²) in [6.07, 6.45) is 1.27. The maximum Gasteiger partial charge on any atom is 0.191 e. The van der Waals surface area contributed by atoms with Gasteiger partial charge in [-0.3, -0.25) is 4.99 Å². The number of likely N-dealkylation sites (N-methyl/N-ethyl adjacent to an activating group) is 1. The molecule has 2 unspecified atom stereocenters. The average molecular weight is 354 g/mol. The number of aliphatic imine (C=N–C) groups is 1. The highest BCUT2D eigenvalue weighted by molar-refractivity contribution is 14.0. The van der Waals surface area contributed by atoms with E-state index in [9.17, 15) is 0 Å². The van der Waals surface area contributed by atoms with Gasteiger partial charge in [-0.2, -0.15) is 0 Å². The molecule has 0 bridgehead atoms. The summed E-state index contributed by atoms with van der Waals surface area (Å²) in [5.41, 5.74) is 0. The quantitative estimate of drug-likeness (QED) is 0.432. The SMILES string of the molecule is CCN(CC)CCNC(=NC)NC1CC1C.I. The summed E-state index contributed by atoms with van der Waals surface area (Å²) >= 11 is 0. The fourth-order valence-corrected chi connectivity index (χ4v) is 1.77. The van der Waals surface area contributed by atoms with E-state index in [4.69, 9.17) is 0 Å². The number of halogens is 1. The second-order valence-electron chi connectivity index (χ2n) is 4.49. The molecule has 0 radical (unpaired) electrons. The van der Waals surface area contributed by atoms with Crippen LogP contribution in [0.4, 0.5) is 0 Å². The zero-order chi connectivity index (χ0) is 12.0. The second-order valence-corrected chi connectivity index (χ2v) is 4.49. The van der Waals surface area contributed by atoms with Crippen molar-refractivity contribution < 1.29 is 0 Å². The van der Waals surface area contributed by atoms with Crippen LogP contribution in [0.3, 0.4) is 0 Å². The predicted octanol–water partition coefficient (Wildman–Crippen LogP) is 1.52. The minimum absolute atomic E-state index is 0. The monoisotopic (exact) mass is 354 g/mol. The summed E-state index contributed by atoms with van der Waals surface area (Å²) in [6.45, 7) is 10.9. The zero-order valence-corrected chi connectivity index (χ0v) is 13.8. The minimum atomic E-state index is 0. The molecule has 1 fully saturated rings. The summed E-state index contributed by atoms with van der Waals surface area (Å²) < 4.78 is 0. The van der Waals surface area contributed by atoms with Gasteiger partial charge in [0.15, 0.2) is 5.96 Å². The number of rotatable bonds is 6. The maximum absolute atomic E-state index is 4.23. The lowest BCUT2D eigenvalue weighted by Crippen LogP contribution is -2.42. The highest BCUT2D eigenvalue weighted by Gasteiger charge is 2.33. The minimum Gasteiger partial charge on any atom is -0.355 e. The summed E-state index contributed by atoms with van der Waals surface area (Å²) in [5.74, 6) is 1.75. The molecule has 0 aromatic heterocycles. The number of nitrogens with zero attached hydrogens (tertiary/aromatic N) is 2. The van der Waals surface area contributed by atoms with Crippen LogP contribution in [0.15, 0.2) is 4.99 Å². The molecule has 0 spiro atoms. The third kappa shape index (κ3) is 6.45. The Morgan fingerprint density at radius 2 is 1.94 bits per heavy atom. The van der Waals surface area contributed by atoms with Crippen LogP contribution in [0.25, 0.3) is 0 Å². The molecule has 2 N–H and O–H groups in total. The van der Waals surface area contributed by atoms with E-state index < -0.39 is 0 Å². The van der Waals surface area contributed by atoms with Crippen molar-refractivity contribution in [2.45, 2.75) is 33.2 Å². The van der Waals surface area contributed by atoms with Crippen LogP contribution in [0, 0.1) is 5.92 Å². The molecule has 1 aliphatic rings. The van der Waals surface area contributed by atoms with Gasteiger partial charge in [-0.05, 0) is 25.4 Å². The predicted molar refractivity (Wildman–Crippen MR) is 85.3 cm³/mol. The number of hydrogen-bond acceptors (Lipinski definition) is 2. The van der Waals surface area contributed by atoms with Crippen molar-refractivity contribution in [2.75, 3.05) is 33.2 Å². The first-order valence-corrected chi connectivity index (χ1v) is 6.40. The summed E-state index contributed by atoms with van der Waals surface area (Å²) in [7, 11) is 1.83. The lowest BCUT2D eigenvalue weighted by Gasteiger charge is -2.19. The van der Waals surface area contributed by atoms with Crippen LogP contribution in [0.5, 0.6) is 0 Å². The van der Waals surface area contributed by atoms with E-state index in [0.29, 0.717) is 6.04 Å². The van der Waals surface area contributed by atoms with E-state index in [1.165, 1.54) is 6.42 Å². The summed E-state index contributed by atoms with van der Waals surface area (Å²) in [5, 5.41) is 6.78. The Bertz CT molecular complexity index is 229. The molecule has 17 heavy (non-hydrogen) atoms. The Labute approximate surface area is 123 Å². The van der Waals surface area contributed by atoms with Crippen molar-refractivity contribution >= 4 is 29.9 Å². The van der Waals surface area contributed by atoms with Gasteiger partial charge >= 0.3 is 0 Å². The van der Waals surface area contributed by atoms with Gasteiger partial charge in [-0.25, -0.2) is 0 Å². The first-order valence-electron chi connectivity index (χ1n) is 6.40.